The Morgan fingerprint density at radius 2 is 1.88 bits per heavy atom. The molecule has 2 rings (SSSR count). The molecule has 0 heterocycles. The van der Waals surface area contributed by atoms with Crippen LogP contribution in [-0.2, 0) is 11.3 Å². The molecule has 0 aromatic heterocycles. The van der Waals surface area contributed by atoms with Gasteiger partial charge >= 0.3 is 12.3 Å². The molecule has 0 radical (unpaired) electrons. The molecule has 0 aliphatic rings. The van der Waals surface area contributed by atoms with E-state index in [1.807, 2.05) is 5.32 Å². The summed E-state index contributed by atoms with van der Waals surface area (Å²) in [6.07, 6.45) is -5.84. The van der Waals surface area contributed by atoms with Gasteiger partial charge in [-0.05, 0) is 39.2 Å². The van der Waals surface area contributed by atoms with Gasteiger partial charge < -0.3 is 14.8 Å². The second-order valence-electron chi connectivity index (χ2n) is 5.07. The van der Waals surface area contributed by atoms with Crippen molar-refractivity contribution in [2.24, 2.45) is 0 Å². The largest absolute Gasteiger partial charge is 0.496 e. The van der Waals surface area contributed by atoms with Crippen LogP contribution in [0.1, 0.15) is 17.2 Å². The van der Waals surface area contributed by atoms with E-state index in [2.05, 4.69) is 15.9 Å². The highest BCUT2D eigenvalue weighted by molar-refractivity contribution is 9.10. The number of hydrogen-bond acceptors (Lipinski definition) is 3. The summed E-state index contributed by atoms with van der Waals surface area (Å²) in [5, 5.41) is 1.86. The number of hydrogen-bond donors (Lipinski definition) is 1. The molecule has 134 valence electrons. The summed E-state index contributed by atoms with van der Waals surface area (Å²) < 4.78 is 50.2. The number of nitrogens with one attached hydrogen (secondary N) is 1. The first-order valence-electron chi connectivity index (χ1n) is 7.18. The van der Waals surface area contributed by atoms with Crippen molar-refractivity contribution in [1.29, 1.82) is 0 Å². The summed E-state index contributed by atoms with van der Waals surface area (Å²) in [7, 11) is 1.40. The molecule has 0 spiro atoms. The molecule has 1 N–H and O–H groups in total. The Morgan fingerprint density at radius 1 is 1.20 bits per heavy atom. The molecule has 0 fully saturated rings. The first kappa shape index (κ1) is 19.1. The van der Waals surface area contributed by atoms with E-state index in [1.54, 1.807) is 30.3 Å². The van der Waals surface area contributed by atoms with E-state index < -0.39 is 18.3 Å². The zero-order valence-electron chi connectivity index (χ0n) is 13.1. The lowest BCUT2D eigenvalue weighted by atomic mass is 10.1. The summed E-state index contributed by atoms with van der Waals surface area (Å²) in [4.78, 5) is 11.8. The van der Waals surface area contributed by atoms with E-state index in [0.29, 0.717) is 15.8 Å². The monoisotopic (exact) mass is 417 g/mol. The number of halogens is 4. The Morgan fingerprint density at radius 3 is 2.44 bits per heavy atom. The van der Waals surface area contributed by atoms with Crippen LogP contribution in [0.15, 0.2) is 53.0 Å². The summed E-state index contributed by atoms with van der Waals surface area (Å²) in [5.41, 5.74) is 0.533. The average Bonchev–Trinajstić information content (AvgIpc) is 2.57. The van der Waals surface area contributed by atoms with Crippen molar-refractivity contribution < 1.29 is 27.4 Å². The van der Waals surface area contributed by atoms with Crippen molar-refractivity contribution in [2.75, 3.05) is 7.11 Å². The van der Waals surface area contributed by atoms with Gasteiger partial charge in [0.05, 0.1) is 11.6 Å². The van der Waals surface area contributed by atoms with Crippen molar-refractivity contribution in [1.82, 2.24) is 5.32 Å². The minimum atomic E-state index is -4.68. The molecule has 4 nitrogen and oxygen atoms in total. The molecule has 0 saturated heterocycles. The maximum atomic E-state index is 13.3. The van der Waals surface area contributed by atoms with Gasteiger partial charge in [0, 0.05) is 0 Å². The van der Waals surface area contributed by atoms with Crippen LogP contribution in [0.25, 0.3) is 0 Å². The Balaban J connectivity index is 2.10. The number of amides is 1. The fourth-order valence-corrected chi connectivity index (χ4v) is 2.66. The molecule has 0 aliphatic carbocycles. The van der Waals surface area contributed by atoms with Crippen LogP contribution in [0.3, 0.4) is 0 Å². The first-order valence-corrected chi connectivity index (χ1v) is 7.98. The normalized spacial score (nSPS) is 12.4. The standard InChI is InChI=1S/C17H15BrF3NO3/c1-24-14-8-7-12(9-13(14)18)15(17(19,20)21)22-16(23)25-10-11-5-3-2-4-6-11/h2-9,15H,10H2,1H3,(H,22,23). The Labute approximate surface area is 151 Å². The summed E-state index contributed by atoms with van der Waals surface area (Å²) >= 11 is 3.13. The number of rotatable bonds is 5. The van der Waals surface area contributed by atoms with Gasteiger partial charge in [0.1, 0.15) is 12.4 Å². The third-order valence-corrected chi connectivity index (χ3v) is 3.93. The molecular formula is C17H15BrF3NO3. The van der Waals surface area contributed by atoms with Gasteiger partial charge in [-0.3, -0.25) is 0 Å². The Bertz CT molecular complexity index is 723. The number of alkyl carbamates (subject to hydrolysis) is 1. The summed E-state index contributed by atoms with van der Waals surface area (Å²) in [6, 6.07) is 10.3. The van der Waals surface area contributed by atoms with E-state index >= 15 is 0 Å². The quantitative estimate of drug-likeness (QED) is 0.745. The highest BCUT2D eigenvalue weighted by atomic mass is 79.9. The maximum absolute atomic E-state index is 13.3. The first-order chi connectivity index (χ1) is 11.8. The second kappa shape index (κ2) is 8.24. The highest BCUT2D eigenvalue weighted by Gasteiger charge is 2.42. The molecule has 0 saturated carbocycles. The number of carbonyl (C=O) groups is 1. The van der Waals surface area contributed by atoms with Crippen LogP contribution < -0.4 is 10.1 Å². The number of carbonyl (C=O) groups excluding carboxylic acids is 1. The maximum Gasteiger partial charge on any atom is 0.412 e. The lowest BCUT2D eigenvalue weighted by Crippen LogP contribution is -2.38. The van der Waals surface area contributed by atoms with Crippen LogP contribution in [0.2, 0.25) is 0 Å². The minimum Gasteiger partial charge on any atom is -0.496 e. The Kier molecular flexibility index (Phi) is 6.30. The van der Waals surface area contributed by atoms with Gasteiger partial charge in [0.25, 0.3) is 0 Å². The zero-order valence-corrected chi connectivity index (χ0v) is 14.7. The van der Waals surface area contributed by atoms with Gasteiger partial charge in [-0.2, -0.15) is 13.2 Å². The van der Waals surface area contributed by atoms with E-state index in [4.69, 9.17) is 9.47 Å². The van der Waals surface area contributed by atoms with E-state index in [9.17, 15) is 18.0 Å². The molecule has 25 heavy (non-hydrogen) atoms. The average molecular weight is 418 g/mol. The van der Waals surface area contributed by atoms with E-state index in [1.165, 1.54) is 25.3 Å². The van der Waals surface area contributed by atoms with E-state index in [0.717, 1.165) is 0 Å². The zero-order chi connectivity index (χ0) is 18.4. The van der Waals surface area contributed by atoms with E-state index in [-0.39, 0.29) is 12.2 Å². The lowest BCUT2D eigenvalue weighted by molar-refractivity contribution is -0.156. The van der Waals surface area contributed by atoms with Crippen molar-refractivity contribution in [3.63, 3.8) is 0 Å². The van der Waals surface area contributed by atoms with Gasteiger partial charge in [-0.15, -0.1) is 0 Å². The summed E-state index contributed by atoms with van der Waals surface area (Å²) in [6.45, 7) is -0.121. The predicted molar refractivity (Wildman–Crippen MR) is 89.3 cm³/mol. The van der Waals surface area contributed by atoms with Crippen LogP contribution in [-0.4, -0.2) is 19.4 Å². The molecule has 1 atom stereocenters. The fraction of sp³-hybridized carbons (Fsp3) is 0.235. The number of ether oxygens (including phenoxy) is 2. The van der Waals surface area contributed by atoms with Gasteiger partial charge in [0.15, 0.2) is 6.04 Å². The molecule has 2 aromatic carbocycles. The lowest BCUT2D eigenvalue weighted by Gasteiger charge is -2.22. The molecule has 0 bridgehead atoms. The molecule has 2 aromatic rings. The van der Waals surface area contributed by atoms with Gasteiger partial charge in [0.2, 0.25) is 0 Å². The van der Waals surface area contributed by atoms with Crippen LogP contribution >= 0.6 is 15.9 Å². The molecule has 1 amide bonds. The van der Waals surface area contributed by atoms with Crippen molar-refractivity contribution in [3.8, 4) is 5.75 Å². The van der Waals surface area contributed by atoms with Crippen molar-refractivity contribution >= 4 is 22.0 Å². The van der Waals surface area contributed by atoms with Gasteiger partial charge in [-0.1, -0.05) is 36.4 Å². The minimum absolute atomic E-state index is 0.121. The second-order valence-corrected chi connectivity index (χ2v) is 5.93. The number of alkyl halides is 3. The molecule has 8 heteroatoms. The van der Waals surface area contributed by atoms with Crippen molar-refractivity contribution in [3.05, 3.63) is 64.1 Å². The van der Waals surface area contributed by atoms with Crippen molar-refractivity contribution in [2.45, 2.75) is 18.8 Å². The smallest absolute Gasteiger partial charge is 0.412 e. The topological polar surface area (TPSA) is 47.6 Å². The molecular weight excluding hydrogens is 403 g/mol. The molecule has 0 aliphatic heterocycles. The van der Waals surface area contributed by atoms with Gasteiger partial charge in [-0.25, -0.2) is 4.79 Å². The summed E-state index contributed by atoms with van der Waals surface area (Å²) in [5.74, 6) is 0.385. The number of methoxy groups -OCH3 is 1. The Hall–Kier alpha value is -2.22. The number of benzene rings is 2. The molecule has 1 unspecified atom stereocenters. The van der Waals surface area contributed by atoms with Crippen LogP contribution in [0.4, 0.5) is 18.0 Å². The third-order valence-electron chi connectivity index (χ3n) is 3.31. The highest BCUT2D eigenvalue weighted by Crippen LogP contribution is 2.36. The fourth-order valence-electron chi connectivity index (χ4n) is 2.10. The van der Waals surface area contributed by atoms with Crippen LogP contribution in [0, 0.1) is 0 Å². The third kappa shape index (κ3) is 5.38. The van der Waals surface area contributed by atoms with Crippen LogP contribution in [0.5, 0.6) is 5.75 Å². The SMILES string of the molecule is COc1ccc(C(NC(=O)OCc2ccccc2)C(F)(F)F)cc1Br. The predicted octanol–water partition coefficient (Wildman–Crippen LogP) is 4.99.